The van der Waals surface area contributed by atoms with Crippen molar-refractivity contribution in [1.29, 1.82) is 0 Å². The fourth-order valence-electron chi connectivity index (χ4n) is 1.72. The molecular weight excluding hydrogens is 267 g/mol. The number of alkyl halides is 3. The monoisotopic (exact) mass is 283 g/mol. The second kappa shape index (κ2) is 5.93. The highest BCUT2D eigenvalue weighted by Crippen LogP contribution is 2.27. The summed E-state index contributed by atoms with van der Waals surface area (Å²) in [4.78, 5) is 0. The normalized spacial score (nSPS) is 13.9. The Kier molecular flexibility index (Phi) is 5.04. The lowest BCUT2D eigenvalue weighted by Gasteiger charge is -2.21. The molecule has 0 radical (unpaired) electrons. The minimum Gasteiger partial charge on any atom is -0.306 e. The van der Waals surface area contributed by atoms with Crippen LogP contribution >= 0.6 is 11.6 Å². The summed E-state index contributed by atoms with van der Waals surface area (Å²) < 4.78 is 40.0. The minimum atomic E-state index is -4.29. The zero-order chi connectivity index (χ0) is 13.9. The van der Waals surface area contributed by atoms with Crippen molar-refractivity contribution in [3.05, 3.63) is 16.4 Å². The molecule has 0 amide bonds. The molecule has 0 aliphatic carbocycles. The van der Waals surface area contributed by atoms with E-state index in [1.807, 2.05) is 6.92 Å². The second-order valence-electron chi connectivity index (χ2n) is 4.22. The largest absolute Gasteiger partial charge is 0.404 e. The first-order valence-electron chi connectivity index (χ1n) is 5.75. The fraction of sp³-hybridized carbons (Fsp3) is 0.727. The molecule has 0 aliphatic rings. The van der Waals surface area contributed by atoms with Crippen LogP contribution in [0.3, 0.4) is 0 Å². The van der Waals surface area contributed by atoms with Crippen molar-refractivity contribution in [2.24, 2.45) is 7.05 Å². The van der Waals surface area contributed by atoms with Crippen LogP contribution in [0.5, 0.6) is 0 Å². The van der Waals surface area contributed by atoms with Gasteiger partial charge in [0.05, 0.1) is 16.4 Å². The second-order valence-corrected chi connectivity index (χ2v) is 4.60. The maximum Gasteiger partial charge on any atom is 0.404 e. The molecule has 1 N–H and O–H groups in total. The van der Waals surface area contributed by atoms with E-state index in [2.05, 4.69) is 10.4 Å². The van der Waals surface area contributed by atoms with Gasteiger partial charge in [0.1, 0.15) is 6.04 Å². The van der Waals surface area contributed by atoms with Crippen LogP contribution in [-0.4, -0.2) is 28.5 Å². The molecule has 1 aromatic rings. The highest BCUT2D eigenvalue weighted by Gasteiger charge is 2.40. The summed E-state index contributed by atoms with van der Waals surface area (Å²) in [7, 11) is 1.60. The first kappa shape index (κ1) is 15.3. The van der Waals surface area contributed by atoms with Crippen molar-refractivity contribution in [2.45, 2.75) is 38.9 Å². The standard InChI is InChI=1S/C11H17ClF3N3/c1-4-5-16-9(11(13,14)15)6-8-10(12)7(2)17-18(8)3/h9,16H,4-6H2,1-3H3. The first-order chi connectivity index (χ1) is 8.27. The van der Waals surface area contributed by atoms with E-state index in [-0.39, 0.29) is 6.42 Å². The molecule has 18 heavy (non-hydrogen) atoms. The molecule has 1 rings (SSSR count). The number of nitrogens with zero attached hydrogens (tertiary/aromatic N) is 2. The maximum atomic E-state index is 12.9. The van der Waals surface area contributed by atoms with Crippen LogP contribution in [0.25, 0.3) is 0 Å². The van der Waals surface area contributed by atoms with Crippen LogP contribution in [0, 0.1) is 6.92 Å². The number of halogens is 4. The molecule has 1 atom stereocenters. The van der Waals surface area contributed by atoms with E-state index in [0.29, 0.717) is 29.4 Å². The summed E-state index contributed by atoms with van der Waals surface area (Å²) in [5, 5.41) is 6.82. The van der Waals surface area contributed by atoms with Crippen LogP contribution < -0.4 is 5.32 Å². The molecule has 0 aliphatic heterocycles. The van der Waals surface area contributed by atoms with Gasteiger partial charge in [0.15, 0.2) is 0 Å². The third-order valence-electron chi connectivity index (χ3n) is 2.69. The number of aromatic nitrogens is 2. The molecule has 0 saturated heterocycles. The molecule has 7 heteroatoms. The van der Waals surface area contributed by atoms with Crippen molar-refractivity contribution < 1.29 is 13.2 Å². The van der Waals surface area contributed by atoms with Gasteiger partial charge < -0.3 is 5.32 Å². The third-order valence-corrected chi connectivity index (χ3v) is 3.19. The first-order valence-corrected chi connectivity index (χ1v) is 6.13. The molecule has 0 aromatic carbocycles. The van der Waals surface area contributed by atoms with Crippen LogP contribution in [0.2, 0.25) is 5.02 Å². The molecule has 3 nitrogen and oxygen atoms in total. The van der Waals surface area contributed by atoms with Gasteiger partial charge in [0, 0.05) is 13.5 Å². The molecule has 1 heterocycles. The van der Waals surface area contributed by atoms with Crippen LogP contribution in [0.4, 0.5) is 13.2 Å². The topological polar surface area (TPSA) is 29.9 Å². The number of rotatable bonds is 5. The molecule has 0 bridgehead atoms. The van der Waals surface area contributed by atoms with Crippen LogP contribution in [0.15, 0.2) is 0 Å². The van der Waals surface area contributed by atoms with E-state index in [0.717, 1.165) is 0 Å². The summed E-state index contributed by atoms with van der Waals surface area (Å²) in [6.45, 7) is 3.81. The molecule has 0 fully saturated rings. The van der Waals surface area contributed by atoms with Crippen molar-refractivity contribution in [3.63, 3.8) is 0 Å². The third kappa shape index (κ3) is 3.62. The summed E-state index contributed by atoms with van der Waals surface area (Å²) >= 11 is 5.96. The van der Waals surface area contributed by atoms with Gasteiger partial charge in [0.2, 0.25) is 0 Å². The number of nitrogens with one attached hydrogen (secondary N) is 1. The number of hydrogen-bond donors (Lipinski definition) is 1. The number of aryl methyl sites for hydroxylation is 2. The van der Waals surface area contributed by atoms with Gasteiger partial charge in [0.25, 0.3) is 0 Å². The van der Waals surface area contributed by atoms with Crippen molar-refractivity contribution in [2.75, 3.05) is 6.54 Å². The van der Waals surface area contributed by atoms with Crippen LogP contribution in [0.1, 0.15) is 24.7 Å². The Morgan fingerprint density at radius 2 is 2.06 bits per heavy atom. The molecule has 1 unspecified atom stereocenters. The predicted octanol–water partition coefficient (Wildman–Crippen LogP) is 2.85. The SMILES string of the molecule is CCCNC(Cc1c(Cl)c(C)nn1C)C(F)(F)F. The Morgan fingerprint density at radius 1 is 1.44 bits per heavy atom. The molecular formula is C11H17ClF3N3. The maximum absolute atomic E-state index is 12.9. The summed E-state index contributed by atoms with van der Waals surface area (Å²) in [6.07, 6.45) is -3.86. The summed E-state index contributed by atoms with van der Waals surface area (Å²) in [6, 6.07) is -1.59. The molecule has 1 aromatic heterocycles. The molecule has 0 spiro atoms. The Balaban J connectivity index is 2.89. The smallest absolute Gasteiger partial charge is 0.306 e. The summed E-state index contributed by atoms with van der Waals surface area (Å²) in [5.74, 6) is 0. The summed E-state index contributed by atoms with van der Waals surface area (Å²) in [5.41, 5.74) is 0.950. The Bertz CT molecular complexity index is 401. The zero-order valence-electron chi connectivity index (χ0n) is 10.6. The quantitative estimate of drug-likeness (QED) is 0.900. The van der Waals surface area contributed by atoms with E-state index < -0.39 is 12.2 Å². The van der Waals surface area contributed by atoms with E-state index in [9.17, 15) is 13.2 Å². The van der Waals surface area contributed by atoms with Gasteiger partial charge in [-0.2, -0.15) is 18.3 Å². The van der Waals surface area contributed by atoms with Crippen molar-refractivity contribution in [1.82, 2.24) is 15.1 Å². The van der Waals surface area contributed by atoms with Gasteiger partial charge in [-0.25, -0.2) is 0 Å². The highest BCUT2D eigenvalue weighted by atomic mass is 35.5. The highest BCUT2D eigenvalue weighted by molar-refractivity contribution is 6.31. The Morgan fingerprint density at radius 3 is 2.44 bits per heavy atom. The average Bonchev–Trinajstić information content (AvgIpc) is 2.48. The molecule has 0 saturated carbocycles. The lowest BCUT2D eigenvalue weighted by molar-refractivity contribution is -0.155. The lowest BCUT2D eigenvalue weighted by atomic mass is 10.1. The van der Waals surface area contributed by atoms with Gasteiger partial charge in [-0.15, -0.1) is 0 Å². The van der Waals surface area contributed by atoms with Crippen molar-refractivity contribution >= 4 is 11.6 Å². The van der Waals surface area contributed by atoms with Crippen LogP contribution in [-0.2, 0) is 13.5 Å². The minimum absolute atomic E-state index is 0.209. The lowest BCUT2D eigenvalue weighted by Crippen LogP contribution is -2.44. The molecule has 104 valence electrons. The van der Waals surface area contributed by atoms with Gasteiger partial charge in [-0.05, 0) is 19.9 Å². The predicted molar refractivity (Wildman–Crippen MR) is 64.8 cm³/mol. The zero-order valence-corrected chi connectivity index (χ0v) is 11.4. The van der Waals surface area contributed by atoms with Gasteiger partial charge in [-0.3, -0.25) is 4.68 Å². The number of hydrogen-bond acceptors (Lipinski definition) is 2. The van der Waals surface area contributed by atoms with E-state index in [4.69, 9.17) is 11.6 Å². The Labute approximate surface area is 109 Å². The van der Waals surface area contributed by atoms with E-state index >= 15 is 0 Å². The Hall–Kier alpha value is -0.750. The van der Waals surface area contributed by atoms with E-state index in [1.165, 1.54) is 4.68 Å². The van der Waals surface area contributed by atoms with Crippen molar-refractivity contribution in [3.8, 4) is 0 Å². The fourth-order valence-corrected chi connectivity index (χ4v) is 1.95. The average molecular weight is 284 g/mol. The van der Waals surface area contributed by atoms with Gasteiger partial charge >= 0.3 is 6.18 Å². The van der Waals surface area contributed by atoms with Gasteiger partial charge in [-0.1, -0.05) is 18.5 Å². The van der Waals surface area contributed by atoms with E-state index in [1.54, 1.807) is 14.0 Å².